The molecule has 0 amide bonds. The van der Waals surface area contributed by atoms with Crippen LogP contribution in [-0.2, 0) is 14.3 Å². The third kappa shape index (κ3) is 2.35. The molecule has 2 heterocycles. The number of esters is 1. The van der Waals surface area contributed by atoms with Crippen molar-refractivity contribution in [3.05, 3.63) is 46.9 Å². The predicted octanol–water partition coefficient (Wildman–Crippen LogP) is 0.843. The molecule has 0 spiro atoms. The van der Waals surface area contributed by atoms with Gasteiger partial charge in [0.15, 0.2) is 5.78 Å². The van der Waals surface area contributed by atoms with Crippen LogP contribution < -0.4 is 5.32 Å². The molecule has 1 aliphatic heterocycles. The maximum Gasteiger partial charge on any atom is 0.355 e. The average molecular weight is 317 g/mol. The number of methoxy groups -OCH3 is 1. The first kappa shape index (κ1) is 14.8. The fourth-order valence-electron chi connectivity index (χ4n) is 2.50. The molecule has 0 unspecified atom stereocenters. The van der Waals surface area contributed by atoms with Crippen LogP contribution in [-0.4, -0.2) is 39.1 Å². The van der Waals surface area contributed by atoms with Gasteiger partial charge in [-0.25, -0.2) is 9.18 Å². The van der Waals surface area contributed by atoms with Crippen molar-refractivity contribution in [2.24, 2.45) is 0 Å². The van der Waals surface area contributed by atoms with Gasteiger partial charge in [-0.3, -0.25) is 4.79 Å². The topological polar surface area (TPSA) is 99.0 Å². The number of benzene rings is 1. The van der Waals surface area contributed by atoms with Gasteiger partial charge in [0.25, 0.3) is 0 Å². The minimum Gasteiger partial charge on any atom is -0.464 e. The third-order valence-electron chi connectivity index (χ3n) is 3.49. The van der Waals surface area contributed by atoms with E-state index in [2.05, 4.69) is 20.8 Å². The molecule has 0 saturated heterocycles. The highest BCUT2D eigenvalue weighted by Gasteiger charge is 2.37. The zero-order valence-corrected chi connectivity index (χ0v) is 12.3. The van der Waals surface area contributed by atoms with Crippen molar-refractivity contribution in [1.29, 1.82) is 0 Å². The van der Waals surface area contributed by atoms with Gasteiger partial charge in [-0.1, -0.05) is 23.3 Å². The highest BCUT2D eigenvalue weighted by Crippen LogP contribution is 2.36. The molecule has 8 nitrogen and oxygen atoms in total. The van der Waals surface area contributed by atoms with E-state index >= 15 is 0 Å². The third-order valence-corrected chi connectivity index (χ3v) is 3.49. The van der Waals surface area contributed by atoms with Crippen molar-refractivity contribution in [3.63, 3.8) is 0 Å². The van der Waals surface area contributed by atoms with Gasteiger partial charge in [-0.15, -0.1) is 0 Å². The van der Waals surface area contributed by atoms with E-state index < -0.39 is 23.6 Å². The van der Waals surface area contributed by atoms with E-state index in [4.69, 9.17) is 4.74 Å². The number of ether oxygens (including phenoxy) is 1. The van der Waals surface area contributed by atoms with Crippen LogP contribution in [0.5, 0.6) is 0 Å². The Labute approximate surface area is 129 Å². The largest absolute Gasteiger partial charge is 0.464 e. The van der Waals surface area contributed by atoms with Gasteiger partial charge in [0.1, 0.15) is 17.6 Å². The average Bonchev–Trinajstić information content (AvgIpc) is 3.01. The molecule has 9 heteroatoms. The second kappa shape index (κ2) is 5.59. The van der Waals surface area contributed by atoms with Crippen molar-refractivity contribution in [1.82, 2.24) is 20.2 Å². The lowest BCUT2D eigenvalue weighted by molar-refractivity contribution is -0.136. The molecular formula is C14H12FN5O3. The van der Waals surface area contributed by atoms with Gasteiger partial charge in [0.05, 0.1) is 12.7 Å². The Morgan fingerprint density at radius 3 is 2.74 bits per heavy atom. The monoisotopic (exact) mass is 317 g/mol. The second-order valence-corrected chi connectivity index (χ2v) is 4.83. The Balaban J connectivity index is 2.29. The van der Waals surface area contributed by atoms with Crippen LogP contribution >= 0.6 is 0 Å². The highest BCUT2D eigenvalue weighted by molar-refractivity contribution is 6.05. The summed E-state index contributed by atoms with van der Waals surface area (Å²) in [6, 6.07) is 4.96. The standard InChI is InChI=1S/C14H12FN5O3/c1-7(21)10-11(13(22)23-2)16-14-17-18-19-20(14)12(10)8-5-3-4-6-9(8)15/h3-6,12H,1-2H3,(H,16,17,19)/t12-/m1/s1. The molecule has 1 atom stereocenters. The molecule has 0 saturated carbocycles. The fourth-order valence-corrected chi connectivity index (χ4v) is 2.50. The molecule has 1 aromatic heterocycles. The molecule has 2 aromatic rings. The molecule has 1 aliphatic rings. The predicted molar refractivity (Wildman–Crippen MR) is 75.7 cm³/mol. The van der Waals surface area contributed by atoms with Gasteiger partial charge in [0.2, 0.25) is 5.95 Å². The molecule has 1 N–H and O–H groups in total. The maximum absolute atomic E-state index is 14.3. The van der Waals surface area contributed by atoms with E-state index in [1.54, 1.807) is 6.07 Å². The van der Waals surface area contributed by atoms with Crippen molar-refractivity contribution in [3.8, 4) is 0 Å². The zero-order valence-electron chi connectivity index (χ0n) is 12.3. The van der Waals surface area contributed by atoms with E-state index in [-0.39, 0.29) is 22.8 Å². The van der Waals surface area contributed by atoms with E-state index in [9.17, 15) is 14.0 Å². The SMILES string of the molecule is COC(=O)C1=C(C(C)=O)[C@@H](c2ccccc2F)n2nnnc2N1. The van der Waals surface area contributed by atoms with Gasteiger partial charge in [0, 0.05) is 5.56 Å². The normalized spacial score (nSPS) is 16.6. The maximum atomic E-state index is 14.3. The summed E-state index contributed by atoms with van der Waals surface area (Å²) in [7, 11) is 1.18. The van der Waals surface area contributed by atoms with Crippen molar-refractivity contribution in [2.75, 3.05) is 12.4 Å². The molecule has 0 bridgehead atoms. The van der Waals surface area contributed by atoms with Gasteiger partial charge in [-0.2, -0.15) is 4.68 Å². The summed E-state index contributed by atoms with van der Waals surface area (Å²) in [5.41, 5.74) is 0.103. The second-order valence-electron chi connectivity index (χ2n) is 4.83. The Morgan fingerprint density at radius 1 is 1.35 bits per heavy atom. The van der Waals surface area contributed by atoms with E-state index in [1.807, 2.05) is 0 Å². The first-order valence-electron chi connectivity index (χ1n) is 6.67. The number of aromatic nitrogens is 4. The number of halogens is 1. The quantitative estimate of drug-likeness (QED) is 0.838. The fraction of sp³-hybridized carbons (Fsp3) is 0.214. The number of Topliss-reactive ketones (excluding diaryl/α,β-unsaturated/α-hetero) is 1. The van der Waals surface area contributed by atoms with Gasteiger partial charge in [-0.05, 0) is 23.4 Å². The number of ketones is 1. The molecule has 3 rings (SSSR count). The number of hydrogen-bond acceptors (Lipinski definition) is 7. The first-order valence-corrected chi connectivity index (χ1v) is 6.67. The van der Waals surface area contributed by atoms with Crippen LogP contribution in [0.4, 0.5) is 10.3 Å². The lowest BCUT2D eigenvalue weighted by atomic mass is 9.92. The number of hydrogen-bond donors (Lipinski definition) is 1. The summed E-state index contributed by atoms with van der Waals surface area (Å²) in [5.74, 6) is -1.61. The Morgan fingerprint density at radius 2 is 2.09 bits per heavy atom. The van der Waals surface area contributed by atoms with Crippen molar-refractivity contribution < 1.29 is 18.7 Å². The summed E-state index contributed by atoms with van der Waals surface area (Å²) < 4.78 is 20.2. The molecule has 118 valence electrons. The lowest BCUT2D eigenvalue weighted by Gasteiger charge is -2.27. The van der Waals surface area contributed by atoms with Crippen LogP contribution in [0.15, 0.2) is 35.5 Å². The molecular weight excluding hydrogens is 305 g/mol. The smallest absolute Gasteiger partial charge is 0.355 e. The molecule has 0 radical (unpaired) electrons. The molecule has 23 heavy (non-hydrogen) atoms. The number of anilines is 1. The molecule has 0 fully saturated rings. The summed E-state index contributed by atoms with van der Waals surface area (Å²) >= 11 is 0. The van der Waals surface area contributed by atoms with Crippen LogP contribution in [0.25, 0.3) is 0 Å². The van der Waals surface area contributed by atoms with Crippen LogP contribution in [0, 0.1) is 5.82 Å². The van der Waals surface area contributed by atoms with Crippen LogP contribution in [0.3, 0.4) is 0 Å². The highest BCUT2D eigenvalue weighted by atomic mass is 19.1. The number of carbonyl (C=O) groups is 2. The lowest BCUT2D eigenvalue weighted by Crippen LogP contribution is -2.32. The summed E-state index contributed by atoms with van der Waals surface area (Å²) in [5, 5.41) is 13.7. The number of nitrogens with one attached hydrogen (secondary N) is 1. The van der Waals surface area contributed by atoms with Gasteiger partial charge < -0.3 is 10.1 Å². The van der Waals surface area contributed by atoms with Crippen molar-refractivity contribution >= 4 is 17.7 Å². The number of fused-ring (bicyclic) bond motifs is 1. The number of tetrazole rings is 1. The minimum atomic E-state index is -0.964. The number of allylic oxidation sites excluding steroid dienone is 1. The number of rotatable bonds is 3. The number of nitrogens with zero attached hydrogens (tertiary/aromatic N) is 4. The molecule has 1 aromatic carbocycles. The first-order chi connectivity index (χ1) is 11.0. The summed E-state index contributed by atoms with van der Waals surface area (Å²) in [6.07, 6.45) is 0. The minimum absolute atomic E-state index is 0.0294. The Hall–Kier alpha value is -3.10. The van der Waals surface area contributed by atoms with Gasteiger partial charge >= 0.3 is 5.97 Å². The van der Waals surface area contributed by atoms with Crippen LogP contribution in [0.2, 0.25) is 0 Å². The summed E-state index contributed by atoms with van der Waals surface area (Å²) in [6.45, 7) is 1.28. The number of carbonyl (C=O) groups excluding carboxylic acids is 2. The van der Waals surface area contributed by atoms with E-state index in [0.717, 1.165) is 0 Å². The van der Waals surface area contributed by atoms with Crippen LogP contribution in [0.1, 0.15) is 18.5 Å². The molecule has 0 aliphatic carbocycles. The zero-order chi connectivity index (χ0) is 16.6. The van der Waals surface area contributed by atoms with E-state index in [1.165, 1.54) is 36.9 Å². The van der Waals surface area contributed by atoms with Crippen molar-refractivity contribution in [2.45, 2.75) is 13.0 Å². The Bertz CT molecular complexity index is 829. The Kier molecular flexibility index (Phi) is 3.61. The summed E-state index contributed by atoms with van der Waals surface area (Å²) in [4.78, 5) is 24.2. The van der Waals surface area contributed by atoms with E-state index in [0.29, 0.717) is 0 Å².